The van der Waals surface area contributed by atoms with E-state index < -0.39 is 5.41 Å². The predicted molar refractivity (Wildman–Crippen MR) is 118 cm³/mol. The molecule has 0 aliphatic carbocycles. The first kappa shape index (κ1) is 20.3. The second kappa shape index (κ2) is 8.44. The van der Waals surface area contributed by atoms with E-state index in [9.17, 15) is 9.59 Å². The summed E-state index contributed by atoms with van der Waals surface area (Å²) in [6, 6.07) is 12.6. The molecule has 0 radical (unpaired) electrons. The summed E-state index contributed by atoms with van der Waals surface area (Å²) >= 11 is 1.71. The standard InChI is InChI=1S/C23H26N4O2S/c1-3-24-22(29)23(10-11-27(15-23)21(28)19-14-25-26-16(19)2)13-17-6-8-18(9-7-17)20-5-4-12-30-20/h4-9,12,14H,3,10-11,13,15H2,1-2H3,(H,24,29)(H,25,26). The van der Waals surface area contributed by atoms with Gasteiger partial charge in [0.25, 0.3) is 5.91 Å². The number of benzene rings is 1. The maximum absolute atomic E-state index is 13.1. The van der Waals surface area contributed by atoms with Gasteiger partial charge in [-0.2, -0.15) is 5.10 Å². The number of hydrogen-bond acceptors (Lipinski definition) is 4. The second-order valence-corrected chi connectivity index (χ2v) is 8.82. The van der Waals surface area contributed by atoms with Crippen molar-refractivity contribution in [3.05, 3.63) is 64.8 Å². The van der Waals surface area contributed by atoms with Gasteiger partial charge in [0.15, 0.2) is 0 Å². The number of likely N-dealkylation sites (tertiary alicyclic amines) is 1. The van der Waals surface area contributed by atoms with E-state index >= 15 is 0 Å². The van der Waals surface area contributed by atoms with Gasteiger partial charge in [-0.3, -0.25) is 14.7 Å². The minimum atomic E-state index is -0.617. The summed E-state index contributed by atoms with van der Waals surface area (Å²) in [6.45, 7) is 5.31. The van der Waals surface area contributed by atoms with Crippen molar-refractivity contribution in [3.63, 3.8) is 0 Å². The number of hydrogen-bond donors (Lipinski definition) is 2. The third kappa shape index (κ3) is 3.89. The fourth-order valence-electron chi connectivity index (χ4n) is 4.16. The van der Waals surface area contributed by atoms with Crippen LogP contribution >= 0.6 is 11.3 Å². The molecule has 2 amide bonds. The van der Waals surface area contributed by atoms with E-state index in [0.29, 0.717) is 38.0 Å². The van der Waals surface area contributed by atoms with E-state index in [2.05, 4.69) is 51.2 Å². The smallest absolute Gasteiger partial charge is 0.257 e. The Morgan fingerprint density at radius 1 is 1.27 bits per heavy atom. The number of H-pyrrole nitrogens is 1. The van der Waals surface area contributed by atoms with Crippen LogP contribution in [0.2, 0.25) is 0 Å². The molecule has 3 aromatic rings. The van der Waals surface area contributed by atoms with Crippen LogP contribution in [-0.2, 0) is 11.2 Å². The molecule has 0 spiro atoms. The summed E-state index contributed by atoms with van der Waals surface area (Å²) in [4.78, 5) is 29.1. The third-order valence-corrected chi connectivity index (χ3v) is 6.74. The molecule has 1 unspecified atom stereocenters. The van der Waals surface area contributed by atoms with Gasteiger partial charge in [-0.1, -0.05) is 30.3 Å². The molecule has 2 N–H and O–H groups in total. The molecule has 4 rings (SSSR count). The molecule has 1 fully saturated rings. The van der Waals surface area contributed by atoms with Gasteiger partial charge >= 0.3 is 0 Å². The first-order chi connectivity index (χ1) is 14.5. The predicted octanol–water partition coefficient (Wildman–Crippen LogP) is 3.66. The topological polar surface area (TPSA) is 78.1 Å². The van der Waals surface area contributed by atoms with E-state index in [1.54, 1.807) is 22.4 Å². The molecule has 6 nitrogen and oxygen atoms in total. The normalized spacial score (nSPS) is 18.5. The van der Waals surface area contributed by atoms with E-state index in [4.69, 9.17) is 0 Å². The Balaban J connectivity index is 1.55. The first-order valence-corrected chi connectivity index (χ1v) is 11.1. The van der Waals surface area contributed by atoms with E-state index in [-0.39, 0.29) is 11.8 Å². The van der Waals surface area contributed by atoms with Crippen LogP contribution in [0.5, 0.6) is 0 Å². The molecule has 1 aliphatic rings. The van der Waals surface area contributed by atoms with Crippen molar-refractivity contribution in [1.82, 2.24) is 20.4 Å². The molecular weight excluding hydrogens is 396 g/mol. The summed E-state index contributed by atoms with van der Waals surface area (Å²) in [5, 5.41) is 11.8. The summed E-state index contributed by atoms with van der Waals surface area (Å²) in [7, 11) is 0. The molecule has 156 valence electrons. The van der Waals surface area contributed by atoms with Crippen LogP contribution in [0.3, 0.4) is 0 Å². The Kier molecular flexibility index (Phi) is 5.72. The molecule has 2 aromatic heterocycles. The zero-order valence-corrected chi connectivity index (χ0v) is 18.1. The van der Waals surface area contributed by atoms with Crippen molar-refractivity contribution in [3.8, 4) is 10.4 Å². The fourth-order valence-corrected chi connectivity index (χ4v) is 4.89. The number of nitrogens with zero attached hydrogens (tertiary/aromatic N) is 2. The van der Waals surface area contributed by atoms with Crippen molar-refractivity contribution in [2.45, 2.75) is 26.7 Å². The van der Waals surface area contributed by atoms with Gasteiger partial charge < -0.3 is 10.2 Å². The second-order valence-electron chi connectivity index (χ2n) is 7.88. The lowest BCUT2D eigenvalue weighted by Gasteiger charge is -2.28. The zero-order chi connectivity index (χ0) is 21.1. The van der Waals surface area contributed by atoms with Crippen molar-refractivity contribution < 1.29 is 9.59 Å². The Morgan fingerprint density at radius 3 is 2.70 bits per heavy atom. The van der Waals surface area contributed by atoms with Gasteiger partial charge in [0.05, 0.1) is 17.2 Å². The average Bonchev–Trinajstić information content (AvgIpc) is 3.50. The van der Waals surface area contributed by atoms with Gasteiger partial charge in [-0.25, -0.2) is 0 Å². The Morgan fingerprint density at radius 2 is 2.07 bits per heavy atom. The van der Waals surface area contributed by atoms with Crippen LogP contribution in [0, 0.1) is 12.3 Å². The van der Waals surface area contributed by atoms with Crippen LogP contribution < -0.4 is 5.32 Å². The lowest BCUT2D eigenvalue weighted by molar-refractivity contribution is -0.130. The van der Waals surface area contributed by atoms with Crippen molar-refractivity contribution in [2.75, 3.05) is 19.6 Å². The Hall–Kier alpha value is -2.93. The zero-order valence-electron chi connectivity index (χ0n) is 17.3. The molecule has 1 saturated heterocycles. The van der Waals surface area contributed by atoms with Gasteiger partial charge in [0, 0.05) is 30.2 Å². The lowest BCUT2D eigenvalue weighted by atomic mass is 9.79. The van der Waals surface area contributed by atoms with Gasteiger partial charge in [-0.05, 0) is 49.3 Å². The minimum absolute atomic E-state index is 0.0200. The third-order valence-electron chi connectivity index (χ3n) is 5.82. The number of carbonyl (C=O) groups excluding carboxylic acids is 2. The summed E-state index contributed by atoms with van der Waals surface area (Å²) in [6.07, 6.45) is 2.82. The number of aromatic nitrogens is 2. The van der Waals surface area contributed by atoms with Crippen molar-refractivity contribution in [1.29, 1.82) is 0 Å². The summed E-state index contributed by atoms with van der Waals surface area (Å²) in [5.74, 6) is -0.0491. The van der Waals surface area contributed by atoms with Crippen LogP contribution in [0.4, 0.5) is 0 Å². The van der Waals surface area contributed by atoms with Crippen molar-refractivity contribution >= 4 is 23.2 Å². The molecular formula is C23H26N4O2S. The molecule has 30 heavy (non-hydrogen) atoms. The first-order valence-electron chi connectivity index (χ1n) is 10.2. The van der Waals surface area contributed by atoms with Crippen molar-refractivity contribution in [2.24, 2.45) is 5.41 Å². The molecule has 7 heteroatoms. The molecule has 3 heterocycles. The maximum atomic E-state index is 13.1. The number of aromatic amines is 1. The Labute approximate surface area is 180 Å². The monoisotopic (exact) mass is 422 g/mol. The van der Waals surface area contributed by atoms with Crippen LogP contribution in [0.15, 0.2) is 48.0 Å². The van der Waals surface area contributed by atoms with Gasteiger partial charge in [-0.15, -0.1) is 11.3 Å². The quantitative estimate of drug-likeness (QED) is 0.636. The maximum Gasteiger partial charge on any atom is 0.257 e. The molecule has 0 bridgehead atoms. The van der Waals surface area contributed by atoms with Crippen LogP contribution in [0.1, 0.15) is 35.0 Å². The molecule has 1 aromatic carbocycles. The number of aryl methyl sites for hydroxylation is 1. The number of rotatable bonds is 6. The lowest BCUT2D eigenvalue weighted by Crippen LogP contribution is -2.45. The highest BCUT2D eigenvalue weighted by atomic mass is 32.1. The van der Waals surface area contributed by atoms with E-state index in [0.717, 1.165) is 11.3 Å². The van der Waals surface area contributed by atoms with E-state index in [1.165, 1.54) is 10.4 Å². The fraction of sp³-hybridized carbons (Fsp3) is 0.348. The number of amides is 2. The summed E-state index contributed by atoms with van der Waals surface area (Å²) < 4.78 is 0. The number of thiophene rings is 1. The van der Waals surface area contributed by atoms with E-state index in [1.807, 2.05) is 19.9 Å². The summed E-state index contributed by atoms with van der Waals surface area (Å²) in [5.41, 5.74) is 2.99. The van der Waals surface area contributed by atoms with Gasteiger partial charge in [0.2, 0.25) is 5.91 Å². The number of carbonyl (C=O) groups is 2. The molecule has 0 saturated carbocycles. The SMILES string of the molecule is CCNC(=O)C1(Cc2ccc(-c3cccs3)cc2)CCN(C(=O)c2cn[nH]c2C)C1. The minimum Gasteiger partial charge on any atom is -0.356 e. The highest BCUT2D eigenvalue weighted by Gasteiger charge is 2.46. The number of nitrogens with one attached hydrogen (secondary N) is 2. The molecule has 1 atom stereocenters. The van der Waals surface area contributed by atoms with Crippen LogP contribution in [-0.4, -0.2) is 46.5 Å². The average molecular weight is 423 g/mol. The molecule has 1 aliphatic heterocycles. The largest absolute Gasteiger partial charge is 0.356 e. The Bertz CT molecular complexity index is 1030. The highest BCUT2D eigenvalue weighted by Crippen LogP contribution is 2.36. The highest BCUT2D eigenvalue weighted by molar-refractivity contribution is 7.13. The van der Waals surface area contributed by atoms with Gasteiger partial charge in [0.1, 0.15) is 0 Å². The van der Waals surface area contributed by atoms with Crippen LogP contribution in [0.25, 0.3) is 10.4 Å².